The molecule has 1 saturated carbocycles. The van der Waals surface area contributed by atoms with Gasteiger partial charge in [-0.25, -0.2) is 24.0 Å². The molecule has 6 N–H and O–H groups in total. The molecule has 1 aliphatic carbocycles. The van der Waals surface area contributed by atoms with Crippen molar-refractivity contribution < 1.29 is 104 Å². The lowest BCUT2D eigenvalue weighted by Crippen LogP contribution is -2.71. The average molecular weight is 1750 g/mol. The van der Waals surface area contributed by atoms with Crippen LogP contribution in [0.1, 0.15) is 130 Å². The Balaban J connectivity index is 1.20. The molecule has 4 fully saturated rings. The number of carbonyl (C=O) groups excluding carboxylic acids is 5. The molecular formula is C90H135N5O22Si4. The molecule has 17 atom stereocenters. The number of carbonyl (C=O) groups is 5. The van der Waals surface area contributed by atoms with E-state index >= 15 is 4.79 Å². The molecule has 9 rings (SSSR count). The smallest absolute Gasteiger partial charge is 0.407 e. The monoisotopic (exact) mass is 1750 g/mol. The molecule has 0 spiro atoms. The number of aliphatic hydroxyl groups is 1. The highest BCUT2D eigenvalue weighted by molar-refractivity contribution is 6.75. The quantitative estimate of drug-likeness (QED) is 0.0125. The topological polar surface area (TPSA) is 313 Å². The number of rotatable bonds is 35. The van der Waals surface area contributed by atoms with Gasteiger partial charge in [0, 0.05) is 6.54 Å². The lowest BCUT2D eigenvalue weighted by Gasteiger charge is -2.53. The van der Waals surface area contributed by atoms with Crippen LogP contribution in [0.3, 0.4) is 0 Å². The molecule has 31 heteroatoms. The van der Waals surface area contributed by atoms with Gasteiger partial charge in [-0.2, -0.15) is 0 Å². The Hall–Kier alpha value is -7.42. The molecule has 27 nitrogen and oxygen atoms in total. The van der Waals surface area contributed by atoms with Crippen molar-refractivity contribution in [2.45, 2.75) is 312 Å². The Morgan fingerprint density at radius 3 is 1.21 bits per heavy atom. The van der Waals surface area contributed by atoms with Gasteiger partial charge in [0.15, 0.2) is 52.1 Å². The van der Waals surface area contributed by atoms with Crippen molar-refractivity contribution in [3.05, 3.63) is 192 Å². The largest absolute Gasteiger partial charge is 0.445 e. The van der Waals surface area contributed by atoms with Crippen molar-refractivity contribution in [3.63, 3.8) is 0 Å². The van der Waals surface area contributed by atoms with Crippen LogP contribution in [-0.2, 0) is 108 Å². The van der Waals surface area contributed by atoms with E-state index in [1.165, 1.54) is 6.08 Å². The van der Waals surface area contributed by atoms with Gasteiger partial charge in [0.05, 0.1) is 50.2 Å². The lowest BCUT2D eigenvalue weighted by atomic mass is 9.83. The zero-order valence-electron chi connectivity index (χ0n) is 74.5. The molecule has 668 valence electrons. The summed E-state index contributed by atoms with van der Waals surface area (Å²) in [4.78, 5) is 72.8. The van der Waals surface area contributed by atoms with Crippen LogP contribution in [-0.4, -0.2) is 199 Å². The SMILES string of the molecule is C=CCO[C@H]1[C@H](O[C@@H]2[C@@H](O)[C@H](NC(=O)OCc3ccccc3)C[C@H](NC(=O)OCc3ccccc3)[C@H]2O[C@H]2O[C@H](CO[Si](C)(C)C(C)(C)C)CC[C@H]2NC(=O)OCc2ccccc2)O[C@H](CO[Si](C)(C)C(C)(C)C)[C@H]1O[C@H]1O[C@@H](CNC(=O)OCc2ccccc2)[C@@H](O[Si](C)(C)C(C)(C)C)[C@H](O[Si](C)(C)C(C)(C)C)[C@H]1NC(=O)OCc1ccccc1. The van der Waals surface area contributed by atoms with Crippen molar-refractivity contribution in [3.8, 4) is 0 Å². The van der Waals surface area contributed by atoms with Crippen molar-refractivity contribution in [1.82, 2.24) is 26.6 Å². The van der Waals surface area contributed by atoms with E-state index in [2.05, 4.69) is 169 Å². The molecule has 3 aliphatic heterocycles. The van der Waals surface area contributed by atoms with E-state index in [9.17, 15) is 24.3 Å². The summed E-state index contributed by atoms with van der Waals surface area (Å²) < 4.78 is 110. The molecule has 4 aliphatic rings. The fraction of sp³-hybridized carbons (Fsp3) is 0.589. The van der Waals surface area contributed by atoms with Crippen LogP contribution in [0.4, 0.5) is 24.0 Å². The highest BCUT2D eigenvalue weighted by Gasteiger charge is 2.60. The number of hydrogen-bond acceptors (Lipinski definition) is 22. The summed E-state index contributed by atoms with van der Waals surface area (Å²) in [6.07, 6.45) is -19.6. The zero-order chi connectivity index (χ0) is 88.3. The lowest BCUT2D eigenvalue weighted by molar-refractivity contribution is -0.295. The third-order valence-electron chi connectivity index (χ3n) is 24.7. The minimum Gasteiger partial charge on any atom is -0.445 e. The fourth-order valence-electron chi connectivity index (χ4n) is 13.3. The predicted octanol–water partition coefficient (Wildman–Crippen LogP) is 16.4. The number of alkyl carbamates (subject to hydrolysis) is 5. The van der Waals surface area contributed by atoms with Crippen molar-refractivity contribution in [2.24, 2.45) is 0 Å². The second kappa shape index (κ2) is 43.0. The van der Waals surface area contributed by atoms with Gasteiger partial charge in [-0.15, -0.1) is 6.58 Å². The normalized spacial score (nSPS) is 25.7. The third kappa shape index (κ3) is 28.0. The molecule has 3 heterocycles. The maximum atomic E-state index is 15.1. The van der Waals surface area contributed by atoms with Crippen LogP contribution in [0, 0.1) is 0 Å². The van der Waals surface area contributed by atoms with Gasteiger partial charge in [-0.3, -0.25) is 0 Å². The van der Waals surface area contributed by atoms with Crippen molar-refractivity contribution in [2.75, 3.05) is 26.4 Å². The number of amides is 5. The van der Waals surface area contributed by atoms with E-state index in [1.807, 2.05) is 140 Å². The molecule has 0 unspecified atom stereocenters. The summed E-state index contributed by atoms with van der Waals surface area (Å²) in [7, 11) is -11.2. The van der Waals surface area contributed by atoms with E-state index in [1.54, 1.807) is 12.1 Å². The Morgan fingerprint density at radius 2 is 0.777 bits per heavy atom. The van der Waals surface area contributed by atoms with Crippen molar-refractivity contribution in [1.29, 1.82) is 0 Å². The van der Waals surface area contributed by atoms with Gasteiger partial charge < -0.3 is 106 Å². The maximum absolute atomic E-state index is 15.1. The average Bonchev–Trinajstić information content (AvgIpc) is 1.56. The van der Waals surface area contributed by atoms with Crippen LogP contribution in [0.15, 0.2) is 164 Å². The van der Waals surface area contributed by atoms with Crippen LogP contribution < -0.4 is 26.6 Å². The molecule has 3 saturated heterocycles. The highest BCUT2D eigenvalue weighted by atomic mass is 28.4. The number of ether oxygens (including phenoxy) is 12. The molecule has 5 aromatic rings. The number of nitrogens with one attached hydrogen (secondary N) is 5. The molecule has 0 aromatic heterocycles. The zero-order valence-corrected chi connectivity index (χ0v) is 78.5. The Kier molecular flexibility index (Phi) is 34.6. The number of hydrogen-bond donors (Lipinski definition) is 6. The molecule has 0 radical (unpaired) electrons. The van der Waals surface area contributed by atoms with Gasteiger partial charge in [0.2, 0.25) is 0 Å². The van der Waals surface area contributed by atoms with E-state index in [0.29, 0.717) is 23.1 Å². The molecule has 121 heavy (non-hydrogen) atoms. The third-order valence-corrected chi connectivity index (χ3v) is 42.6. The fourth-order valence-corrected chi connectivity index (χ4v) is 17.9. The highest BCUT2D eigenvalue weighted by Crippen LogP contribution is 2.46. The molecule has 0 bridgehead atoms. The summed E-state index contributed by atoms with van der Waals surface area (Å²) in [5.41, 5.74) is 3.59. The van der Waals surface area contributed by atoms with Gasteiger partial charge in [-0.1, -0.05) is 241 Å². The second-order valence-corrected chi connectivity index (χ2v) is 57.0. The summed E-state index contributed by atoms with van der Waals surface area (Å²) in [6, 6.07) is 41.1. The van der Waals surface area contributed by atoms with E-state index < -0.39 is 178 Å². The maximum Gasteiger partial charge on any atom is 0.407 e. The van der Waals surface area contributed by atoms with Crippen LogP contribution in [0.5, 0.6) is 0 Å². The first-order valence-electron chi connectivity index (χ1n) is 42.2. The Labute approximate surface area is 720 Å². The summed E-state index contributed by atoms with van der Waals surface area (Å²) in [6.45, 7) is 45.4. The number of aliphatic hydroxyl groups excluding tert-OH is 1. The first-order valence-corrected chi connectivity index (χ1v) is 53.8. The molecule has 5 amide bonds. The summed E-state index contributed by atoms with van der Waals surface area (Å²) in [5.74, 6) is 0. The van der Waals surface area contributed by atoms with E-state index in [-0.39, 0.29) is 82.3 Å². The van der Waals surface area contributed by atoms with E-state index in [4.69, 9.17) is 74.5 Å². The van der Waals surface area contributed by atoms with Crippen molar-refractivity contribution >= 4 is 63.7 Å². The Bertz CT molecular complexity index is 4060. The van der Waals surface area contributed by atoms with Gasteiger partial charge >= 0.3 is 30.5 Å². The summed E-state index contributed by atoms with van der Waals surface area (Å²) >= 11 is 0. The number of benzene rings is 5. The molecule has 5 aromatic carbocycles. The van der Waals surface area contributed by atoms with Crippen LogP contribution in [0.2, 0.25) is 72.5 Å². The van der Waals surface area contributed by atoms with E-state index in [0.717, 1.165) is 11.1 Å². The van der Waals surface area contributed by atoms with Crippen LogP contribution >= 0.6 is 0 Å². The first kappa shape index (κ1) is 97.4. The summed E-state index contributed by atoms with van der Waals surface area (Å²) in [5, 5.41) is 27.3. The Morgan fingerprint density at radius 1 is 0.405 bits per heavy atom. The standard InChI is InChI=1S/C90H135N5O22Si4/c1-22-50-102-78-74(114-80-71(95-86(101)107-57-64-46-36-27-37-47-64)76(117-121(20,21)90(11,12)13)75(116-120(18,19)89(8,9)10)69(111-80)52-91-82(97)103-53-60-38-28-23-29-39-60)70(59-109-119(16,17)88(5,6)7)112-81(78)115-77-72(96)67(93-84(99)105-55-62-42-32-25-33-43-62)51-68(94-85(100)106-56-63-44-34-26-35-45-63)73(77)113-79-66(92-83(98)104-54-61-40-30-24-31-41-61)49-48-65(110-79)58-108-118(14,15)87(2,3)4/h22-47,65-81,96H,1,48-59H2,2-21H3,(H,91,97)(H,92,98)(H,93,99)(H,94,100)(H,95,101)/t65-,66+,67+,68-,69-,70+,71+,72-,73+,74+,75+,76+,77+,78+,79+,80+,81-/m0/s1. The van der Waals surface area contributed by atoms with Gasteiger partial charge in [0.1, 0.15) is 87.9 Å². The first-order chi connectivity index (χ1) is 56.9. The molecular weight excluding hydrogens is 1620 g/mol. The second-order valence-electron chi connectivity index (χ2n) is 37.8. The van der Waals surface area contributed by atoms with Gasteiger partial charge in [0.25, 0.3) is 0 Å². The predicted molar refractivity (Wildman–Crippen MR) is 470 cm³/mol. The van der Waals surface area contributed by atoms with Crippen LogP contribution in [0.25, 0.3) is 0 Å². The minimum absolute atomic E-state index is 0.0370. The van der Waals surface area contributed by atoms with Gasteiger partial charge in [-0.05, 0) is 120 Å². The minimum atomic E-state index is -3.02.